The fourth-order valence-corrected chi connectivity index (χ4v) is 2.12. The number of hydrogen-bond acceptors (Lipinski definition) is 4. The summed E-state index contributed by atoms with van der Waals surface area (Å²) < 4.78 is 0. The lowest BCUT2D eigenvalue weighted by Crippen LogP contribution is -2.33. The van der Waals surface area contributed by atoms with Crippen LogP contribution in [0.4, 0.5) is 0 Å². The van der Waals surface area contributed by atoms with E-state index in [1.807, 2.05) is 6.26 Å². The number of likely N-dealkylation sites (tertiary alicyclic amines) is 1. The maximum atomic E-state index is 11.6. The largest absolute Gasteiger partial charge is 0.300 e. The van der Waals surface area contributed by atoms with Gasteiger partial charge in [-0.3, -0.25) is 19.3 Å². The van der Waals surface area contributed by atoms with Crippen molar-refractivity contribution in [2.45, 2.75) is 31.4 Å². The summed E-state index contributed by atoms with van der Waals surface area (Å²) in [5.41, 5.74) is 0. The molecule has 0 bridgehead atoms. The molecule has 0 aromatic rings. The molecule has 0 saturated carbocycles. The van der Waals surface area contributed by atoms with Gasteiger partial charge in [-0.25, -0.2) is 0 Å². The lowest BCUT2D eigenvalue weighted by Gasteiger charge is -2.13. The normalized spacial score (nSPS) is 21.2. The van der Waals surface area contributed by atoms with Crippen molar-refractivity contribution in [2.24, 2.45) is 0 Å². The van der Waals surface area contributed by atoms with Crippen LogP contribution in [0.25, 0.3) is 0 Å². The van der Waals surface area contributed by atoms with Crippen molar-refractivity contribution in [1.29, 1.82) is 0 Å². The average molecular weight is 229 g/mol. The van der Waals surface area contributed by atoms with Gasteiger partial charge in [0.15, 0.2) is 0 Å². The third kappa shape index (κ3) is 2.81. The summed E-state index contributed by atoms with van der Waals surface area (Å²) >= 11 is 1.39. The van der Waals surface area contributed by atoms with Crippen LogP contribution in [-0.2, 0) is 14.4 Å². The van der Waals surface area contributed by atoms with E-state index in [-0.39, 0.29) is 42.2 Å². The highest BCUT2D eigenvalue weighted by Gasteiger charge is 2.37. The Morgan fingerprint density at radius 2 is 2.20 bits per heavy atom. The van der Waals surface area contributed by atoms with E-state index >= 15 is 0 Å². The Hall–Kier alpha value is -0.840. The number of carbonyl (C=O) groups is 3. The van der Waals surface area contributed by atoms with Crippen molar-refractivity contribution in [2.75, 3.05) is 12.8 Å². The topological polar surface area (TPSA) is 54.5 Å². The monoisotopic (exact) mass is 229 g/mol. The molecule has 1 fully saturated rings. The summed E-state index contributed by atoms with van der Waals surface area (Å²) in [6, 6.07) is 0. The number of thioether (sulfide) groups is 1. The smallest absolute Gasteiger partial charge is 0.242 e. The fourth-order valence-electron chi connectivity index (χ4n) is 1.49. The zero-order chi connectivity index (χ0) is 11.4. The van der Waals surface area contributed by atoms with Crippen LogP contribution in [0, 0.1) is 0 Å². The minimum absolute atomic E-state index is 0.0863. The molecular weight excluding hydrogens is 214 g/mol. The lowest BCUT2D eigenvalue weighted by molar-refractivity contribution is -0.138. The van der Waals surface area contributed by atoms with Crippen LogP contribution < -0.4 is 0 Å². The van der Waals surface area contributed by atoms with Crippen LogP contribution in [0.2, 0.25) is 0 Å². The molecule has 2 amide bonds. The first-order valence-corrected chi connectivity index (χ1v) is 6.27. The summed E-state index contributed by atoms with van der Waals surface area (Å²) in [4.78, 5) is 35.4. The molecule has 1 aliphatic rings. The first-order chi connectivity index (χ1) is 7.10. The van der Waals surface area contributed by atoms with Gasteiger partial charge in [0.05, 0.1) is 5.25 Å². The van der Waals surface area contributed by atoms with Gasteiger partial charge in [-0.2, -0.15) is 11.8 Å². The number of imide groups is 1. The second kappa shape index (κ2) is 5.30. The Morgan fingerprint density at radius 1 is 1.53 bits per heavy atom. The second-order valence-corrected chi connectivity index (χ2v) is 4.49. The second-order valence-electron chi connectivity index (χ2n) is 3.45. The molecule has 1 atom stereocenters. The highest BCUT2D eigenvalue weighted by molar-refractivity contribution is 8.00. The Kier molecular flexibility index (Phi) is 4.32. The number of hydrogen-bond donors (Lipinski definition) is 0. The number of nitrogens with zero attached hydrogens (tertiary/aromatic N) is 1. The molecule has 0 aromatic carbocycles. The van der Waals surface area contributed by atoms with Crippen molar-refractivity contribution < 1.29 is 14.4 Å². The first kappa shape index (κ1) is 12.2. The van der Waals surface area contributed by atoms with E-state index in [9.17, 15) is 14.4 Å². The van der Waals surface area contributed by atoms with Gasteiger partial charge in [0.2, 0.25) is 11.8 Å². The fraction of sp³-hybridized carbons (Fsp3) is 0.700. The lowest BCUT2D eigenvalue weighted by atomic mass is 10.2. The summed E-state index contributed by atoms with van der Waals surface area (Å²) in [5, 5.41) is -0.241. The third-order valence-electron chi connectivity index (χ3n) is 2.50. The van der Waals surface area contributed by atoms with E-state index < -0.39 is 0 Å². The number of carbonyl (C=O) groups excluding carboxylic acids is 3. The van der Waals surface area contributed by atoms with Gasteiger partial charge in [0.25, 0.3) is 0 Å². The van der Waals surface area contributed by atoms with Crippen LogP contribution in [0.5, 0.6) is 0 Å². The molecule has 1 saturated heterocycles. The van der Waals surface area contributed by atoms with Gasteiger partial charge in [0, 0.05) is 25.8 Å². The van der Waals surface area contributed by atoms with Crippen molar-refractivity contribution in [1.82, 2.24) is 4.90 Å². The average Bonchev–Trinajstić information content (AvgIpc) is 2.51. The van der Waals surface area contributed by atoms with Crippen molar-refractivity contribution in [3.8, 4) is 0 Å². The van der Waals surface area contributed by atoms with Crippen LogP contribution in [0.3, 0.4) is 0 Å². The molecule has 0 aliphatic carbocycles. The minimum atomic E-state index is -0.241. The molecular formula is C10H15NO3S. The SMILES string of the molecule is CCC(=O)CCN1C(=O)CC(SC)C1=O. The van der Waals surface area contributed by atoms with Gasteiger partial charge < -0.3 is 0 Å². The molecule has 4 nitrogen and oxygen atoms in total. The standard InChI is InChI=1S/C10H15NO3S/c1-3-7(12)4-5-11-9(13)6-8(15-2)10(11)14/h8H,3-6H2,1-2H3. The maximum absolute atomic E-state index is 11.6. The number of amides is 2. The predicted octanol–water partition coefficient (Wildman–Crippen LogP) is 0.846. The van der Waals surface area contributed by atoms with Crippen LogP contribution in [0.15, 0.2) is 0 Å². The third-order valence-corrected chi connectivity index (χ3v) is 3.43. The van der Waals surface area contributed by atoms with Gasteiger partial charge in [-0.05, 0) is 6.26 Å². The van der Waals surface area contributed by atoms with Crippen molar-refractivity contribution in [3.63, 3.8) is 0 Å². The Balaban J connectivity index is 2.51. The zero-order valence-corrected chi connectivity index (χ0v) is 9.80. The Morgan fingerprint density at radius 3 is 2.67 bits per heavy atom. The first-order valence-electron chi connectivity index (χ1n) is 4.98. The summed E-state index contributed by atoms with van der Waals surface area (Å²) in [7, 11) is 0. The van der Waals surface area contributed by atoms with Crippen LogP contribution in [-0.4, -0.2) is 40.5 Å². The van der Waals surface area contributed by atoms with E-state index in [0.29, 0.717) is 6.42 Å². The Bertz CT molecular complexity index is 290. The summed E-state index contributed by atoms with van der Waals surface area (Å²) in [6.45, 7) is 2.03. The molecule has 1 unspecified atom stereocenters. The van der Waals surface area contributed by atoms with E-state index in [1.54, 1.807) is 6.92 Å². The van der Waals surface area contributed by atoms with Crippen molar-refractivity contribution >= 4 is 29.4 Å². The molecule has 0 N–H and O–H groups in total. The number of ketones is 1. The van der Waals surface area contributed by atoms with Gasteiger partial charge in [-0.15, -0.1) is 0 Å². The number of rotatable bonds is 5. The van der Waals surface area contributed by atoms with Gasteiger partial charge in [-0.1, -0.05) is 6.92 Å². The molecule has 1 heterocycles. The molecule has 84 valence electrons. The van der Waals surface area contributed by atoms with Crippen molar-refractivity contribution in [3.05, 3.63) is 0 Å². The minimum Gasteiger partial charge on any atom is -0.300 e. The van der Waals surface area contributed by atoms with Gasteiger partial charge >= 0.3 is 0 Å². The highest BCUT2D eigenvalue weighted by atomic mass is 32.2. The molecule has 1 aliphatic heterocycles. The van der Waals surface area contributed by atoms with Gasteiger partial charge in [0.1, 0.15) is 5.78 Å². The molecule has 0 radical (unpaired) electrons. The van der Waals surface area contributed by atoms with E-state index in [4.69, 9.17) is 0 Å². The molecule has 0 aromatic heterocycles. The summed E-state index contributed by atoms with van der Waals surface area (Å²) in [5.74, 6) is -0.206. The molecule has 15 heavy (non-hydrogen) atoms. The van der Waals surface area contributed by atoms with Crippen LogP contribution >= 0.6 is 11.8 Å². The van der Waals surface area contributed by atoms with Crippen LogP contribution in [0.1, 0.15) is 26.2 Å². The molecule has 5 heteroatoms. The Labute approximate surface area is 93.4 Å². The highest BCUT2D eigenvalue weighted by Crippen LogP contribution is 2.23. The zero-order valence-electron chi connectivity index (χ0n) is 8.99. The van der Waals surface area contributed by atoms with E-state index in [1.165, 1.54) is 16.7 Å². The number of Topliss-reactive ketones (excluding diaryl/α,β-unsaturated/α-hetero) is 1. The quantitative estimate of drug-likeness (QED) is 0.656. The molecule has 1 rings (SSSR count). The van der Waals surface area contributed by atoms with E-state index in [0.717, 1.165) is 0 Å². The van der Waals surface area contributed by atoms with E-state index in [2.05, 4.69) is 0 Å². The molecule has 0 spiro atoms. The predicted molar refractivity (Wildman–Crippen MR) is 58.6 cm³/mol. The maximum Gasteiger partial charge on any atom is 0.242 e. The summed E-state index contributed by atoms with van der Waals surface area (Å²) in [6.07, 6.45) is 2.84.